The van der Waals surface area contributed by atoms with Crippen LogP contribution in [0.1, 0.15) is 10.4 Å². The van der Waals surface area contributed by atoms with Gasteiger partial charge in [0.15, 0.2) is 11.5 Å². The molecule has 24 heavy (non-hydrogen) atoms. The second kappa shape index (κ2) is 5.41. The van der Waals surface area contributed by atoms with E-state index >= 15 is 0 Å². The molecule has 0 saturated heterocycles. The highest BCUT2D eigenvalue weighted by molar-refractivity contribution is 6.07. The van der Waals surface area contributed by atoms with E-state index in [1.165, 1.54) is 23.1 Å². The van der Waals surface area contributed by atoms with E-state index in [0.29, 0.717) is 41.7 Å². The number of benzene rings is 2. The molecular formula is C16H12N2O6. The smallest absolute Gasteiger partial charge is 0.271 e. The normalized spacial score (nSPS) is 14.8. The first-order valence-corrected chi connectivity index (χ1v) is 7.26. The summed E-state index contributed by atoms with van der Waals surface area (Å²) in [4.78, 5) is 24.8. The molecule has 8 heteroatoms. The molecular weight excluding hydrogens is 316 g/mol. The van der Waals surface area contributed by atoms with Crippen LogP contribution in [0.25, 0.3) is 0 Å². The Bertz CT molecular complexity index is 850. The van der Waals surface area contributed by atoms with Crippen molar-refractivity contribution < 1.29 is 23.9 Å². The fourth-order valence-corrected chi connectivity index (χ4v) is 2.72. The first kappa shape index (κ1) is 14.3. The van der Waals surface area contributed by atoms with E-state index in [-0.39, 0.29) is 18.4 Å². The van der Waals surface area contributed by atoms with Crippen molar-refractivity contribution in [1.29, 1.82) is 0 Å². The molecule has 8 nitrogen and oxygen atoms in total. The SMILES string of the molecule is O=C(c1ccc2c(c1)OCO2)N1CCOc2ccc([N+](=O)[O-])cc21. The molecule has 0 aliphatic carbocycles. The molecule has 122 valence electrons. The number of rotatable bonds is 2. The van der Waals surface area contributed by atoms with Crippen LogP contribution in [-0.4, -0.2) is 30.8 Å². The standard InChI is InChI=1S/C16H12N2O6/c19-16(10-1-3-14-15(7-10)24-9-23-14)17-5-6-22-13-4-2-11(18(20)21)8-12(13)17/h1-4,7-8H,5-6,9H2. The van der Waals surface area contributed by atoms with Crippen molar-refractivity contribution in [2.75, 3.05) is 24.8 Å². The van der Waals surface area contributed by atoms with Crippen molar-refractivity contribution in [1.82, 2.24) is 0 Å². The summed E-state index contributed by atoms with van der Waals surface area (Å²) in [7, 11) is 0. The van der Waals surface area contributed by atoms with E-state index < -0.39 is 4.92 Å². The molecule has 0 aromatic heterocycles. The van der Waals surface area contributed by atoms with E-state index in [1.54, 1.807) is 18.2 Å². The van der Waals surface area contributed by atoms with Gasteiger partial charge in [0.25, 0.3) is 11.6 Å². The first-order valence-electron chi connectivity index (χ1n) is 7.26. The number of amides is 1. The highest BCUT2D eigenvalue weighted by Crippen LogP contribution is 2.37. The van der Waals surface area contributed by atoms with Gasteiger partial charge < -0.3 is 19.1 Å². The Morgan fingerprint density at radius 1 is 1.04 bits per heavy atom. The Morgan fingerprint density at radius 3 is 2.67 bits per heavy atom. The fourth-order valence-electron chi connectivity index (χ4n) is 2.72. The van der Waals surface area contributed by atoms with Crippen molar-refractivity contribution in [3.63, 3.8) is 0 Å². The average Bonchev–Trinajstić information content (AvgIpc) is 3.07. The molecule has 0 unspecified atom stereocenters. The zero-order valence-corrected chi connectivity index (χ0v) is 12.4. The predicted molar refractivity (Wildman–Crippen MR) is 82.8 cm³/mol. The van der Waals surface area contributed by atoms with Gasteiger partial charge >= 0.3 is 0 Å². The predicted octanol–water partition coefficient (Wildman–Crippen LogP) is 2.36. The summed E-state index contributed by atoms with van der Waals surface area (Å²) in [5.74, 6) is 1.26. The third-order valence-corrected chi connectivity index (χ3v) is 3.88. The number of nitro groups is 1. The van der Waals surface area contributed by atoms with Crippen molar-refractivity contribution in [3.8, 4) is 17.2 Å². The quantitative estimate of drug-likeness (QED) is 0.621. The number of nitro benzene ring substituents is 1. The maximum absolute atomic E-state index is 12.8. The van der Waals surface area contributed by atoms with Gasteiger partial charge in [0.05, 0.1) is 17.2 Å². The maximum Gasteiger partial charge on any atom is 0.271 e. The van der Waals surface area contributed by atoms with Crippen molar-refractivity contribution in [3.05, 3.63) is 52.1 Å². The second-order valence-corrected chi connectivity index (χ2v) is 5.28. The molecule has 2 aliphatic rings. The summed E-state index contributed by atoms with van der Waals surface area (Å²) in [6.45, 7) is 0.752. The number of hydrogen-bond donors (Lipinski definition) is 0. The van der Waals surface area contributed by atoms with Crippen LogP contribution in [0.4, 0.5) is 11.4 Å². The summed E-state index contributed by atoms with van der Waals surface area (Å²) in [6, 6.07) is 9.13. The van der Waals surface area contributed by atoms with E-state index in [2.05, 4.69) is 0 Å². The molecule has 0 N–H and O–H groups in total. The van der Waals surface area contributed by atoms with Gasteiger partial charge in [0, 0.05) is 17.7 Å². The van der Waals surface area contributed by atoms with Crippen molar-refractivity contribution in [2.24, 2.45) is 0 Å². The van der Waals surface area contributed by atoms with E-state index in [9.17, 15) is 14.9 Å². The average molecular weight is 328 g/mol. The summed E-state index contributed by atoms with van der Waals surface area (Å²) >= 11 is 0. The maximum atomic E-state index is 12.8. The van der Waals surface area contributed by atoms with Crippen molar-refractivity contribution >= 4 is 17.3 Å². The molecule has 2 aromatic rings. The van der Waals surface area contributed by atoms with Crippen LogP contribution >= 0.6 is 0 Å². The van der Waals surface area contributed by atoms with Crippen LogP contribution in [-0.2, 0) is 0 Å². The molecule has 0 atom stereocenters. The number of non-ortho nitro benzene ring substituents is 1. The fraction of sp³-hybridized carbons (Fsp3) is 0.188. The Balaban J connectivity index is 1.71. The minimum atomic E-state index is -0.502. The van der Waals surface area contributed by atoms with Crippen LogP contribution in [0.15, 0.2) is 36.4 Å². The van der Waals surface area contributed by atoms with Gasteiger partial charge in [-0.05, 0) is 24.3 Å². The third-order valence-electron chi connectivity index (χ3n) is 3.88. The highest BCUT2D eigenvalue weighted by atomic mass is 16.7. The molecule has 0 spiro atoms. The minimum Gasteiger partial charge on any atom is -0.490 e. The molecule has 4 rings (SSSR count). The van der Waals surface area contributed by atoms with Gasteiger partial charge in [0.2, 0.25) is 6.79 Å². The molecule has 0 radical (unpaired) electrons. The van der Waals surface area contributed by atoms with Crippen molar-refractivity contribution in [2.45, 2.75) is 0 Å². The van der Waals surface area contributed by atoms with E-state index in [0.717, 1.165) is 0 Å². The topological polar surface area (TPSA) is 91.1 Å². The number of carbonyl (C=O) groups is 1. The lowest BCUT2D eigenvalue weighted by Crippen LogP contribution is -2.38. The van der Waals surface area contributed by atoms with Crippen LogP contribution in [0.2, 0.25) is 0 Å². The van der Waals surface area contributed by atoms with E-state index in [1.807, 2.05) is 0 Å². The monoisotopic (exact) mass is 328 g/mol. The summed E-state index contributed by atoms with van der Waals surface area (Å²) < 4.78 is 16.0. The van der Waals surface area contributed by atoms with Crippen LogP contribution in [0.3, 0.4) is 0 Å². The summed E-state index contributed by atoms with van der Waals surface area (Å²) in [6.07, 6.45) is 0. The number of anilines is 1. The zero-order chi connectivity index (χ0) is 16.7. The molecule has 1 amide bonds. The van der Waals surface area contributed by atoms with Gasteiger partial charge in [-0.3, -0.25) is 14.9 Å². The second-order valence-electron chi connectivity index (χ2n) is 5.28. The lowest BCUT2D eigenvalue weighted by molar-refractivity contribution is -0.384. The highest BCUT2D eigenvalue weighted by Gasteiger charge is 2.28. The Morgan fingerprint density at radius 2 is 1.83 bits per heavy atom. The third kappa shape index (κ3) is 2.28. The van der Waals surface area contributed by atoms with Gasteiger partial charge in [-0.25, -0.2) is 0 Å². The molecule has 0 fully saturated rings. The van der Waals surface area contributed by atoms with Gasteiger partial charge in [-0.15, -0.1) is 0 Å². The largest absolute Gasteiger partial charge is 0.490 e. The summed E-state index contributed by atoms with van der Waals surface area (Å²) in [5.41, 5.74) is 0.708. The van der Waals surface area contributed by atoms with Crippen LogP contribution in [0.5, 0.6) is 17.2 Å². The Labute approximate surface area is 136 Å². The molecule has 2 aromatic carbocycles. The number of nitrogens with zero attached hydrogens (tertiary/aromatic N) is 2. The number of ether oxygens (including phenoxy) is 3. The molecule has 2 aliphatic heterocycles. The molecule has 0 bridgehead atoms. The van der Waals surface area contributed by atoms with Gasteiger partial charge in [-0.1, -0.05) is 0 Å². The van der Waals surface area contributed by atoms with Gasteiger partial charge in [0.1, 0.15) is 12.4 Å². The lowest BCUT2D eigenvalue weighted by atomic mass is 10.1. The molecule has 0 saturated carbocycles. The van der Waals surface area contributed by atoms with Gasteiger partial charge in [-0.2, -0.15) is 0 Å². The van der Waals surface area contributed by atoms with Crippen LogP contribution < -0.4 is 19.1 Å². The number of hydrogen-bond acceptors (Lipinski definition) is 6. The zero-order valence-electron chi connectivity index (χ0n) is 12.4. The number of carbonyl (C=O) groups excluding carboxylic acids is 1. The molecule has 2 heterocycles. The lowest BCUT2D eigenvalue weighted by Gasteiger charge is -2.29. The summed E-state index contributed by atoms with van der Waals surface area (Å²) in [5, 5.41) is 11.0. The van der Waals surface area contributed by atoms with E-state index in [4.69, 9.17) is 14.2 Å². The Hall–Kier alpha value is -3.29. The Kier molecular flexibility index (Phi) is 3.23. The van der Waals surface area contributed by atoms with Crippen LogP contribution in [0, 0.1) is 10.1 Å². The first-order chi connectivity index (χ1) is 11.6. The number of fused-ring (bicyclic) bond motifs is 2. The minimum absolute atomic E-state index is 0.0947.